The van der Waals surface area contributed by atoms with E-state index < -0.39 is 6.04 Å². The molecule has 2 N–H and O–H groups in total. The molecule has 34 heavy (non-hydrogen) atoms. The molecular weight excluding hydrogens is 440 g/mol. The van der Waals surface area contributed by atoms with Crippen LogP contribution in [-0.2, 0) is 0 Å². The minimum absolute atomic E-state index is 0.0335. The fraction of sp³-hybridized carbons (Fsp3) is 0.292. The highest BCUT2D eigenvalue weighted by Crippen LogP contribution is 2.40. The molecule has 3 heterocycles. The predicted molar refractivity (Wildman–Crippen MR) is 121 cm³/mol. The van der Waals surface area contributed by atoms with Gasteiger partial charge in [0, 0.05) is 17.8 Å². The van der Waals surface area contributed by atoms with Gasteiger partial charge in [-0.25, -0.2) is 4.79 Å². The minimum Gasteiger partial charge on any atom is -0.504 e. The van der Waals surface area contributed by atoms with Gasteiger partial charge < -0.3 is 29.2 Å². The zero-order valence-electron chi connectivity index (χ0n) is 19.0. The molecule has 0 fully saturated rings. The molecule has 176 valence electrons. The van der Waals surface area contributed by atoms with Crippen LogP contribution in [0.25, 0.3) is 17.0 Å². The van der Waals surface area contributed by atoms with Crippen LogP contribution in [0.4, 0.5) is 4.79 Å². The number of rotatable bonds is 6. The summed E-state index contributed by atoms with van der Waals surface area (Å²) in [6, 6.07) is 9.56. The number of hydrogen-bond donors (Lipinski definition) is 2. The predicted octanol–water partition coefficient (Wildman–Crippen LogP) is 4.09. The minimum atomic E-state index is -0.609. The van der Waals surface area contributed by atoms with E-state index >= 15 is 0 Å². The van der Waals surface area contributed by atoms with Crippen LogP contribution >= 0.6 is 0 Å². The molecule has 0 bridgehead atoms. The van der Waals surface area contributed by atoms with E-state index in [-0.39, 0.29) is 24.5 Å². The molecule has 2 aliphatic heterocycles. The Bertz CT molecular complexity index is 1280. The maximum Gasteiger partial charge on any atom is 0.322 e. The van der Waals surface area contributed by atoms with Crippen molar-refractivity contribution in [1.29, 1.82) is 0 Å². The largest absolute Gasteiger partial charge is 0.504 e. The monoisotopic (exact) mass is 464 g/mol. The second kappa shape index (κ2) is 8.62. The number of fused-ring (bicyclic) bond motifs is 1. The Balaban J connectivity index is 1.58. The first-order chi connectivity index (χ1) is 16.5. The van der Waals surface area contributed by atoms with Crippen molar-refractivity contribution in [3.63, 3.8) is 0 Å². The topological polar surface area (TPSA) is 119 Å². The third-order valence-corrected chi connectivity index (χ3v) is 5.87. The van der Waals surface area contributed by atoms with E-state index in [4.69, 9.17) is 18.7 Å². The second-order valence-corrected chi connectivity index (χ2v) is 7.96. The lowest BCUT2D eigenvalue weighted by Gasteiger charge is -2.35. The number of aromatic nitrogens is 2. The molecule has 10 heteroatoms. The fourth-order valence-corrected chi connectivity index (χ4v) is 4.17. The molecule has 0 saturated carbocycles. The first kappa shape index (κ1) is 21.6. The lowest BCUT2D eigenvalue weighted by atomic mass is 9.94. The van der Waals surface area contributed by atoms with Crippen LogP contribution in [0.3, 0.4) is 0 Å². The summed E-state index contributed by atoms with van der Waals surface area (Å²) in [5.74, 6) is 2.23. The zero-order chi connectivity index (χ0) is 23.8. The van der Waals surface area contributed by atoms with Crippen LogP contribution in [-0.4, -0.2) is 46.6 Å². The molecule has 0 aliphatic carbocycles. The van der Waals surface area contributed by atoms with Gasteiger partial charge in [-0.05, 0) is 49.2 Å². The molecule has 2 aliphatic rings. The molecule has 1 aromatic heterocycles. The highest BCUT2D eigenvalue weighted by Gasteiger charge is 2.36. The average molecular weight is 464 g/mol. The number of urea groups is 1. The van der Waals surface area contributed by atoms with Crippen LogP contribution in [0.2, 0.25) is 0 Å². The number of benzene rings is 2. The Kier molecular flexibility index (Phi) is 5.48. The number of carbonyl (C=O) groups is 1. The van der Waals surface area contributed by atoms with Crippen molar-refractivity contribution in [2.75, 3.05) is 20.4 Å². The van der Waals surface area contributed by atoms with E-state index in [1.54, 1.807) is 35.2 Å². The summed E-state index contributed by atoms with van der Waals surface area (Å²) >= 11 is 0. The van der Waals surface area contributed by atoms with Crippen LogP contribution < -0.4 is 19.5 Å². The maximum absolute atomic E-state index is 12.9. The lowest BCUT2D eigenvalue weighted by molar-refractivity contribution is 0.174. The summed E-state index contributed by atoms with van der Waals surface area (Å²) in [5, 5.41) is 17.5. The van der Waals surface area contributed by atoms with Gasteiger partial charge in [-0.3, -0.25) is 4.90 Å². The number of aromatic hydroxyl groups is 1. The molecule has 2 aromatic carbocycles. The number of phenols is 1. The Labute approximate surface area is 195 Å². The summed E-state index contributed by atoms with van der Waals surface area (Å²) in [6.45, 7) is 4.56. The standard InChI is InChI=1S/C24H24N4O6/c1-4-9-28-13(2)20(21(25-24(28)30)14-5-7-17(31-3)16(29)10-14)23-26-22(27-34-23)15-6-8-18-19(11-15)33-12-32-18/h5-8,10-11,21,29H,4,9,12H2,1-3H3,(H,25,30). The number of nitrogens with one attached hydrogen (secondary N) is 1. The number of ether oxygens (including phenoxy) is 3. The van der Waals surface area contributed by atoms with Crippen LogP contribution in [0.1, 0.15) is 37.8 Å². The number of allylic oxidation sites excluding steroid dienone is 1. The number of amides is 2. The number of phenolic OH excluding ortho intramolecular Hbond substituents is 1. The fourth-order valence-electron chi connectivity index (χ4n) is 4.17. The Hall–Kier alpha value is -4.21. The van der Waals surface area contributed by atoms with Gasteiger partial charge >= 0.3 is 6.03 Å². The Morgan fingerprint density at radius 2 is 2.03 bits per heavy atom. The molecule has 0 radical (unpaired) electrons. The van der Waals surface area contributed by atoms with Gasteiger partial charge in [0.25, 0.3) is 5.89 Å². The van der Waals surface area contributed by atoms with Crippen molar-refractivity contribution in [3.05, 3.63) is 53.5 Å². The van der Waals surface area contributed by atoms with Crippen molar-refractivity contribution in [1.82, 2.24) is 20.4 Å². The third kappa shape index (κ3) is 3.66. The summed E-state index contributed by atoms with van der Waals surface area (Å²) in [7, 11) is 1.48. The molecule has 3 aromatic rings. The van der Waals surface area contributed by atoms with Crippen molar-refractivity contribution in [2.24, 2.45) is 0 Å². The normalized spacial score (nSPS) is 17.2. The summed E-state index contributed by atoms with van der Waals surface area (Å²) in [5.41, 5.74) is 2.71. The highest BCUT2D eigenvalue weighted by atomic mass is 16.7. The molecular formula is C24H24N4O6. The van der Waals surface area contributed by atoms with E-state index in [2.05, 4.69) is 15.5 Å². The zero-order valence-corrected chi connectivity index (χ0v) is 19.0. The number of methoxy groups -OCH3 is 1. The quantitative estimate of drug-likeness (QED) is 0.560. The van der Waals surface area contributed by atoms with E-state index in [0.717, 1.165) is 6.42 Å². The number of nitrogens with zero attached hydrogens (tertiary/aromatic N) is 3. The van der Waals surface area contributed by atoms with Gasteiger partial charge in [0.15, 0.2) is 23.0 Å². The van der Waals surface area contributed by atoms with E-state index in [1.807, 2.05) is 19.9 Å². The van der Waals surface area contributed by atoms with Gasteiger partial charge in [-0.1, -0.05) is 18.1 Å². The molecule has 5 rings (SSSR count). The van der Waals surface area contributed by atoms with Gasteiger partial charge in [0.1, 0.15) is 0 Å². The molecule has 0 spiro atoms. The van der Waals surface area contributed by atoms with Gasteiger partial charge in [-0.15, -0.1) is 0 Å². The first-order valence-electron chi connectivity index (χ1n) is 10.9. The van der Waals surface area contributed by atoms with Crippen LogP contribution in [0.5, 0.6) is 23.0 Å². The van der Waals surface area contributed by atoms with E-state index in [9.17, 15) is 9.90 Å². The SMILES string of the molecule is CCCN1C(=O)NC(c2ccc(OC)c(O)c2)C(c2nc(-c3ccc4c(c3)OCO4)no2)=C1C. The number of hydrogen-bond acceptors (Lipinski definition) is 8. The second-order valence-electron chi connectivity index (χ2n) is 7.96. The smallest absolute Gasteiger partial charge is 0.322 e. The third-order valence-electron chi connectivity index (χ3n) is 5.87. The van der Waals surface area contributed by atoms with E-state index in [1.165, 1.54) is 7.11 Å². The van der Waals surface area contributed by atoms with Crippen molar-refractivity contribution < 1.29 is 28.6 Å². The number of carbonyl (C=O) groups excluding carboxylic acids is 1. The van der Waals surface area contributed by atoms with Crippen molar-refractivity contribution in [3.8, 4) is 34.4 Å². The molecule has 0 saturated heterocycles. The Morgan fingerprint density at radius 3 is 2.79 bits per heavy atom. The molecule has 1 unspecified atom stereocenters. The molecule has 10 nitrogen and oxygen atoms in total. The van der Waals surface area contributed by atoms with E-state index in [0.29, 0.717) is 52.0 Å². The summed E-state index contributed by atoms with van der Waals surface area (Å²) in [6.07, 6.45) is 0.776. The average Bonchev–Trinajstić information content (AvgIpc) is 3.50. The van der Waals surface area contributed by atoms with Crippen LogP contribution in [0, 0.1) is 0 Å². The summed E-state index contributed by atoms with van der Waals surface area (Å²) in [4.78, 5) is 19.2. The van der Waals surface area contributed by atoms with Gasteiger partial charge in [0.2, 0.25) is 12.6 Å². The van der Waals surface area contributed by atoms with Crippen LogP contribution in [0.15, 0.2) is 46.6 Å². The van der Waals surface area contributed by atoms with Crippen molar-refractivity contribution in [2.45, 2.75) is 26.3 Å². The lowest BCUT2D eigenvalue weighted by Crippen LogP contribution is -2.46. The Morgan fingerprint density at radius 1 is 1.21 bits per heavy atom. The maximum atomic E-state index is 12.9. The summed E-state index contributed by atoms with van der Waals surface area (Å²) < 4.78 is 21.7. The molecule has 2 amide bonds. The molecule has 1 atom stereocenters. The highest BCUT2D eigenvalue weighted by molar-refractivity contribution is 5.87. The van der Waals surface area contributed by atoms with Crippen molar-refractivity contribution >= 4 is 11.6 Å². The van der Waals surface area contributed by atoms with Gasteiger partial charge in [-0.2, -0.15) is 4.98 Å². The first-order valence-corrected chi connectivity index (χ1v) is 10.9. The van der Waals surface area contributed by atoms with Gasteiger partial charge in [0.05, 0.1) is 18.7 Å².